The molecular weight excluding hydrogens is 416 g/mol. The molecule has 154 valence electrons. The van der Waals surface area contributed by atoms with Crippen LogP contribution in [0.1, 0.15) is 24.2 Å². The smallest absolute Gasteiger partial charge is 0.264 e. The molecule has 10 heteroatoms. The number of carbonyl (C=O) groups is 1. The number of hydrogen-bond donors (Lipinski definition) is 1. The van der Waals surface area contributed by atoms with Crippen LogP contribution >= 0.6 is 11.6 Å². The van der Waals surface area contributed by atoms with Crippen molar-refractivity contribution < 1.29 is 17.9 Å². The van der Waals surface area contributed by atoms with Crippen LogP contribution < -0.4 is 9.46 Å². The van der Waals surface area contributed by atoms with Crippen molar-refractivity contribution >= 4 is 38.4 Å². The molecule has 0 spiro atoms. The zero-order chi connectivity index (χ0) is 21.3. The van der Waals surface area contributed by atoms with Crippen LogP contribution in [-0.4, -0.2) is 42.0 Å². The van der Waals surface area contributed by atoms with Crippen LogP contribution in [0.15, 0.2) is 30.5 Å². The lowest BCUT2D eigenvalue weighted by Crippen LogP contribution is -2.29. The van der Waals surface area contributed by atoms with E-state index >= 15 is 0 Å². The number of nitrogens with zero attached hydrogens (tertiary/aromatic N) is 3. The maximum absolute atomic E-state index is 12.1. The third-order valence-electron chi connectivity index (χ3n) is 4.01. The van der Waals surface area contributed by atoms with Gasteiger partial charge in [0.1, 0.15) is 5.02 Å². The number of ether oxygens (including phenoxy) is 1. The van der Waals surface area contributed by atoms with Crippen LogP contribution in [0.5, 0.6) is 5.88 Å². The first-order chi connectivity index (χ1) is 13.5. The first kappa shape index (κ1) is 21.1. The summed E-state index contributed by atoms with van der Waals surface area (Å²) in [7, 11) is -1.88. The fourth-order valence-electron chi connectivity index (χ4n) is 2.82. The highest BCUT2D eigenvalue weighted by molar-refractivity contribution is 7.89. The monoisotopic (exact) mass is 436 g/mol. The Bertz CT molecular complexity index is 1190. The molecule has 0 aliphatic rings. The maximum Gasteiger partial charge on any atom is 0.264 e. The highest BCUT2D eigenvalue weighted by Crippen LogP contribution is 2.32. The second-order valence-electron chi connectivity index (χ2n) is 7.12. The van der Waals surface area contributed by atoms with Crippen molar-refractivity contribution in [1.29, 1.82) is 0 Å². The Hall–Kier alpha value is -2.65. The Labute approximate surface area is 173 Å². The number of amides is 1. The van der Waals surface area contributed by atoms with E-state index in [1.54, 1.807) is 36.1 Å². The van der Waals surface area contributed by atoms with Crippen LogP contribution in [-0.2, 0) is 17.1 Å². The van der Waals surface area contributed by atoms with Gasteiger partial charge >= 0.3 is 0 Å². The Kier molecular flexibility index (Phi) is 5.81. The molecule has 3 aromatic rings. The number of fused-ring (bicyclic) bond motifs is 1. The van der Waals surface area contributed by atoms with Crippen LogP contribution in [0.3, 0.4) is 0 Å². The Morgan fingerprint density at radius 3 is 2.66 bits per heavy atom. The molecule has 3 rings (SSSR count). The van der Waals surface area contributed by atoms with Gasteiger partial charge in [-0.2, -0.15) is 5.10 Å². The Balaban J connectivity index is 1.97. The van der Waals surface area contributed by atoms with E-state index in [1.165, 1.54) is 6.07 Å². The van der Waals surface area contributed by atoms with Gasteiger partial charge in [-0.3, -0.25) is 9.48 Å². The normalized spacial score (nSPS) is 11.8. The summed E-state index contributed by atoms with van der Waals surface area (Å²) in [6.07, 6.45) is 2.58. The summed E-state index contributed by atoms with van der Waals surface area (Å²) in [6.45, 7) is 4.59. The molecule has 0 aliphatic carbocycles. The second kappa shape index (κ2) is 8.00. The van der Waals surface area contributed by atoms with E-state index in [4.69, 9.17) is 16.3 Å². The van der Waals surface area contributed by atoms with Crippen molar-refractivity contribution in [1.82, 2.24) is 19.5 Å². The number of pyridine rings is 1. The van der Waals surface area contributed by atoms with E-state index in [0.29, 0.717) is 28.9 Å². The van der Waals surface area contributed by atoms with Gasteiger partial charge in [0.25, 0.3) is 5.91 Å². The molecule has 1 aromatic carbocycles. The standard InChI is InChI=1S/C19H21ClN4O4S/c1-11(2)10-28-19-15(20)7-13(9-21-19)17-14-6-5-12(8-16(14)22-24(17)3)18(25)23-29(4,26)27/h5-9,11H,10H2,1-4H3,(H,23,25). The number of benzene rings is 1. The predicted octanol–water partition coefficient (Wildman–Crippen LogP) is 3.01. The number of carbonyl (C=O) groups excluding carboxylic acids is 1. The van der Waals surface area contributed by atoms with Crippen LogP contribution in [0.25, 0.3) is 22.2 Å². The summed E-state index contributed by atoms with van der Waals surface area (Å²) in [5.41, 5.74) is 2.24. The van der Waals surface area contributed by atoms with Crippen LogP contribution in [0.2, 0.25) is 5.02 Å². The maximum atomic E-state index is 12.1. The first-order valence-corrected chi connectivity index (χ1v) is 11.1. The zero-order valence-corrected chi connectivity index (χ0v) is 18.0. The molecule has 1 amide bonds. The lowest BCUT2D eigenvalue weighted by Gasteiger charge is -2.10. The lowest BCUT2D eigenvalue weighted by atomic mass is 10.1. The number of halogens is 1. The predicted molar refractivity (Wildman–Crippen MR) is 112 cm³/mol. The second-order valence-corrected chi connectivity index (χ2v) is 9.28. The Morgan fingerprint density at radius 2 is 2.03 bits per heavy atom. The molecule has 0 radical (unpaired) electrons. The molecule has 0 unspecified atom stereocenters. The molecule has 0 fully saturated rings. The average Bonchev–Trinajstić information content (AvgIpc) is 2.93. The topological polar surface area (TPSA) is 103 Å². The summed E-state index contributed by atoms with van der Waals surface area (Å²) in [6, 6.07) is 6.55. The largest absolute Gasteiger partial charge is 0.476 e. The fourth-order valence-corrected chi connectivity index (χ4v) is 3.49. The molecule has 2 aromatic heterocycles. The summed E-state index contributed by atoms with van der Waals surface area (Å²) in [5, 5.41) is 5.59. The van der Waals surface area contributed by atoms with Gasteiger partial charge in [0.15, 0.2) is 0 Å². The van der Waals surface area contributed by atoms with Gasteiger partial charge in [-0.25, -0.2) is 18.1 Å². The number of hydrogen-bond acceptors (Lipinski definition) is 6. The van der Waals surface area contributed by atoms with Gasteiger partial charge in [0, 0.05) is 29.8 Å². The minimum Gasteiger partial charge on any atom is -0.476 e. The van der Waals surface area contributed by atoms with Gasteiger partial charge in [0.05, 0.1) is 24.1 Å². The van der Waals surface area contributed by atoms with Crippen molar-refractivity contribution in [3.05, 3.63) is 41.0 Å². The highest BCUT2D eigenvalue weighted by atomic mass is 35.5. The van der Waals surface area contributed by atoms with E-state index in [1.807, 2.05) is 18.6 Å². The van der Waals surface area contributed by atoms with Crippen molar-refractivity contribution in [3.8, 4) is 17.1 Å². The summed E-state index contributed by atoms with van der Waals surface area (Å²) < 4.78 is 31.8. The van der Waals surface area contributed by atoms with Gasteiger partial charge in [-0.1, -0.05) is 25.4 Å². The van der Waals surface area contributed by atoms with Crippen molar-refractivity contribution in [2.75, 3.05) is 12.9 Å². The minimum absolute atomic E-state index is 0.196. The van der Waals surface area contributed by atoms with Gasteiger partial charge in [-0.05, 0) is 30.2 Å². The zero-order valence-electron chi connectivity index (χ0n) is 16.4. The number of aromatic nitrogens is 3. The number of rotatable bonds is 6. The molecule has 0 saturated carbocycles. The van der Waals surface area contributed by atoms with E-state index in [2.05, 4.69) is 10.1 Å². The number of nitrogens with one attached hydrogen (secondary N) is 1. The van der Waals surface area contributed by atoms with Gasteiger partial charge in [-0.15, -0.1) is 0 Å². The fraction of sp³-hybridized carbons (Fsp3) is 0.316. The van der Waals surface area contributed by atoms with E-state index in [9.17, 15) is 13.2 Å². The third-order valence-corrected chi connectivity index (χ3v) is 4.84. The molecule has 29 heavy (non-hydrogen) atoms. The summed E-state index contributed by atoms with van der Waals surface area (Å²) >= 11 is 6.33. The summed E-state index contributed by atoms with van der Waals surface area (Å²) in [4.78, 5) is 16.4. The Morgan fingerprint density at radius 1 is 1.31 bits per heavy atom. The van der Waals surface area contributed by atoms with E-state index < -0.39 is 15.9 Å². The molecule has 0 atom stereocenters. The highest BCUT2D eigenvalue weighted by Gasteiger charge is 2.17. The van der Waals surface area contributed by atoms with Crippen LogP contribution in [0.4, 0.5) is 0 Å². The molecular formula is C19H21ClN4O4S. The van der Waals surface area contributed by atoms with Crippen molar-refractivity contribution in [3.63, 3.8) is 0 Å². The molecule has 0 aliphatic heterocycles. The third kappa shape index (κ3) is 4.86. The van der Waals surface area contributed by atoms with Gasteiger partial charge < -0.3 is 4.74 Å². The van der Waals surface area contributed by atoms with E-state index in [0.717, 1.165) is 22.9 Å². The average molecular weight is 437 g/mol. The van der Waals surface area contributed by atoms with Crippen molar-refractivity contribution in [2.24, 2.45) is 13.0 Å². The quantitative estimate of drug-likeness (QED) is 0.637. The molecule has 8 nitrogen and oxygen atoms in total. The number of sulfonamides is 1. The molecule has 0 bridgehead atoms. The molecule has 2 heterocycles. The SMILES string of the molecule is CC(C)COc1ncc(-c2c3ccc(C(=O)NS(C)(=O)=O)cc3nn2C)cc1Cl. The minimum atomic E-state index is -3.65. The first-order valence-electron chi connectivity index (χ1n) is 8.82. The van der Waals surface area contributed by atoms with Crippen molar-refractivity contribution in [2.45, 2.75) is 13.8 Å². The number of aryl methyl sites for hydroxylation is 1. The van der Waals surface area contributed by atoms with Gasteiger partial charge in [0.2, 0.25) is 15.9 Å². The molecule has 0 saturated heterocycles. The lowest BCUT2D eigenvalue weighted by molar-refractivity contribution is 0.0982. The van der Waals surface area contributed by atoms with Crippen LogP contribution in [0, 0.1) is 5.92 Å². The molecule has 1 N–H and O–H groups in total. The summed E-state index contributed by atoms with van der Waals surface area (Å²) in [5.74, 6) is 0.0101. The van der Waals surface area contributed by atoms with E-state index in [-0.39, 0.29) is 5.56 Å².